The molecular formula is C14H27N. The van der Waals surface area contributed by atoms with Crippen molar-refractivity contribution in [2.45, 2.75) is 52.9 Å². The van der Waals surface area contributed by atoms with E-state index >= 15 is 0 Å². The summed E-state index contributed by atoms with van der Waals surface area (Å²) in [6.07, 6.45) is 7.28. The summed E-state index contributed by atoms with van der Waals surface area (Å²) in [5.41, 5.74) is 0.591. The predicted octanol–water partition coefficient (Wildman–Crippen LogP) is 3.45. The van der Waals surface area contributed by atoms with E-state index in [1.54, 1.807) is 0 Å². The van der Waals surface area contributed by atoms with Crippen molar-refractivity contribution in [2.24, 2.45) is 23.2 Å². The third kappa shape index (κ3) is 2.55. The lowest BCUT2D eigenvalue weighted by molar-refractivity contribution is 0.0669. The minimum absolute atomic E-state index is 0.591. The average molecular weight is 209 g/mol. The summed E-state index contributed by atoms with van der Waals surface area (Å²) in [6.45, 7) is 9.92. The van der Waals surface area contributed by atoms with E-state index in [0.29, 0.717) is 5.41 Å². The lowest BCUT2D eigenvalue weighted by Gasteiger charge is -2.44. The van der Waals surface area contributed by atoms with Gasteiger partial charge in [0.2, 0.25) is 0 Å². The van der Waals surface area contributed by atoms with Crippen molar-refractivity contribution in [2.75, 3.05) is 13.1 Å². The highest BCUT2D eigenvalue weighted by molar-refractivity contribution is 4.88. The summed E-state index contributed by atoms with van der Waals surface area (Å²) in [4.78, 5) is 0. The van der Waals surface area contributed by atoms with E-state index in [-0.39, 0.29) is 0 Å². The normalized spacial score (nSPS) is 37.8. The molecule has 0 aromatic carbocycles. The number of rotatable bonds is 1. The van der Waals surface area contributed by atoms with Crippen molar-refractivity contribution in [3.63, 3.8) is 0 Å². The monoisotopic (exact) mass is 209 g/mol. The van der Waals surface area contributed by atoms with Crippen LogP contribution >= 0.6 is 0 Å². The molecule has 1 aliphatic carbocycles. The maximum absolute atomic E-state index is 3.48. The van der Waals surface area contributed by atoms with Crippen LogP contribution in [-0.4, -0.2) is 13.1 Å². The molecule has 1 unspecified atom stereocenters. The molecule has 2 aliphatic rings. The van der Waals surface area contributed by atoms with Gasteiger partial charge in [0, 0.05) is 0 Å². The van der Waals surface area contributed by atoms with Gasteiger partial charge in [-0.15, -0.1) is 0 Å². The van der Waals surface area contributed by atoms with Crippen LogP contribution in [0.25, 0.3) is 0 Å². The fraction of sp³-hybridized carbons (Fsp3) is 1.00. The smallest absolute Gasteiger partial charge is 0.00462 e. The van der Waals surface area contributed by atoms with Crippen molar-refractivity contribution in [3.8, 4) is 0 Å². The van der Waals surface area contributed by atoms with Gasteiger partial charge in [0.05, 0.1) is 0 Å². The van der Waals surface area contributed by atoms with Crippen LogP contribution in [0.1, 0.15) is 52.9 Å². The van der Waals surface area contributed by atoms with Gasteiger partial charge in [-0.25, -0.2) is 0 Å². The van der Waals surface area contributed by atoms with E-state index in [9.17, 15) is 0 Å². The largest absolute Gasteiger partial charge is 0.317 e. The van der Waals surface area contributed by atoms with Gasteiger partial charge < -0.3 is 5.32 Å². The molecule has 0 bridgehead atoms. The van der Waals surface area contributed by atoms with E-state index in [1.807, 2.05) is 0 Å². The van der Waals surface area contributed by atoms with Gasteiger partial charge in [0.25, 0.3) is 0 Å². The number of hydrogen-bond donors (Lipinski definition) is 1. The van der Waals surface area contributed by atoms with Gasteiger partial charge in [-0.2, -0.15) is 0 Å². The quantitative estimate of drug-likeness (QED) is 0.697. The van der Waals surface area contributed by atoms with Crippen LogP contribution in [-0.2, 0) is 0 Å². The molecule has 88 valence electrons. The molecule has 1 heterocycles. The first-order valence-electron chi connectivity index (χ1n) is 6.80. The van der Waals surface area contributed by atoms with Gasteiger partial charge in [-0.3, -0.25) is 0 Å². The van der Waals surface area contributed by atoms with Gasteiger partial charge >= 0.3 is 0 Å². The van der Waals surface area contributed by atoms with Crippen molar-refractivity contribution in [1.29, 1.82) is 0 Å². The van der Waals surface area contributed by atoms with Crippen LogP contribution in [0.15, 0.2) is 0 Å². The zero-order chi connectivity index (χ0) is 10.9. The molecule has 0 amide bonds. The highest BCUT2D eigenvalue weighted by atomic mass is 14.9. The molecular weight excluding hydrogens is 182 g/mol. The molecule has 0 spiro atoms. The van der Waals surface area contributed by atoms with Gasteiger partial charge in [-0.05, 0) is 68.4 Å². The minimum atomic E-state index is 0.591. The lowest BCUT2D eigenvalue weighted by Crippen LogP contribution is -2.37. The fourth-order valence-corrected chi connectivity index (χ4v) is 3.55. The van der Waals surface area contributed by atoms with Crippen LogP contribution in [0.2, 0.25) is 0 Å². The maximum atomic E-state index is 3.48. The molecule has 1 saturated carbocycles. The Balaban J connectivity index is 1.93. The maximum Gasteiger partial charge on any atom is -0.00462 e. The Bertz CT molecular complexity index is 203. The van der Waals surface area contributed by atoms with Crippen LogP contribution in [0.4, 0.5) is 0 Å². The van der Waals surface area contributed by atoms with E-state index in [0.717, 1.165) is 17.8 Å². The summed E-state index contributed by atoms with van der Waals surface area (Å²) >= 11 is 0. The molecule has 15 heavy (non-hydrogen) atoms. The summed E-state index contributed by atoms with van der Waals surface area (Å²) in [6, 6.07) is 0. The fourth-order valence-electron chi connectivity index (χ4n) is 3.55. The Kier molecular flexibility index (Phi) is 3.39. The third-order valence-corrected chi connectivity index (χ3v) is 5.14. The molecule has 1 aliphatic heterocycles. The SMILES string of the molecule is C[C@@H]1CCC(C2CCNCC2)CC1(C)C. The van der Waals surface area contributed by atoms with Crippen molar-refractivity contribution in [3.05, 3.63) is 0 Å². The zero-order valence-corrected chi connectivity index (χ0v) is 10.7. The van der Waals surface area contributed by atoms with Crippen LogP contribution in [0, 0.1) is 23.2 Å². The topological polar surface area (TPSA) is 12.0 Å². The molecule has 1 N–H and O–H groups in total. The van der Waals surface area contributed by atoms with Gasteiger partial charge in [0.1, 0.15) is 0 Å². The summed E-state index contributed by atoms with van der Waals surface area (Å²) in [5, 5.41) is 3.48. The highest BCUT2D eigenvalue weighted by Crippen LogP contribution is 2.46. The Hall–Kier alpha value is -0.0400. The Morgan fingerprint density at radius 3 is 2.20 bits per heavy atom. The van der Waals surface area contributed by atoms with E-state index < -0.39 is 0 Å². The van der Waals surface area contributed by atoms with Crippen molar-refractivity contribution < 1.29 is 0 Å². The molecule has 1 saturated heterocycles. The summed E-state index contributed by atoms with van der Waals surface area (Å²) in [5.74, 6) is 2.98. The van der Waals surface area contributed by atoms with Crippen molar-refractivity contribution in [1.82, 2.24) is 5.32 Å². The van der Waals surface area contributed by atoms with Crippen LogP contribution in [0.3, 0.4) is 0 Å². The van der Waals surface area contributed by atoms with Gasteiger partial charge in [0.15, 0.2) is 0 Å². The molecule has 2 fully saturated rings. The van der Waals surface area contributed by atoms with Crippen LogP contribution < -0.4 is 5.32 Å². The Morgan fingerprint density at radius 2 is 1.60 bits per heavy atom. The van der Waals surface area contributed by atoms with Crippen molar-refractivity contribution >= 4 is 0 Å². The Morgan fingerprint density at radius 1 is 0.933 bits per heavy atom. The van der Waals surface area contributed by atoms with E-state index in [2.05, 4.69) is 26.1 Å². The number of nitrogens with one attached hydrogen (secondary N) is 1. The van der Waals surface area contributed by atoms with Gasteiger partial charge in [-0.1, -0.05) is 20.8 Å². The molecule has 2 rings (SSSR count). The molecule has 0 aromatic heterocycles. The molecule has 0 radical (unpaired) electrons. The Labute approximate surface area is 95.0 Å². The molecule has 2 atom stereocenters. The summed E-state index contributed by atoms with van der Waals surface area (Å²) in [7, 11) is 0. The number of hydrogen-bond acceptors (Lipinski definition) is 1. The first-order valence-corrected chi connectivity index (χ1v) is 6.80. The zero-order valence-electron chi connectivity index (χ0n) is 10.7. The first kappa shape index (κ1) is 11.4. The molecule has 1 nitrogen and oxygen atoms in total. The first-order chi connectivity index (χ1) is 7.09. The molecule has 1 heteroatoms. The second kappa shape index (κ2) is 4.45. The van der Waals surface area contributed by atoms with E-state index in [4.69, 9.17) is 0 Å². The standard InChI is InChI=1S/C14H27N/c1-11-4-5-13(10-14(11,2)3)12-6-8-15-9-7-12/h11-13,15H,4-10H2,1-3H3/t11-,13?/m1/s1. The predicted molar refractivity (Wildman–Crippen MR) is 65.9 cm³/mol. The third-order valence-electron chi connectivity index (χ3n) is 5.14. The average Bonchev–Trinajstić information content (AvgIpc) is 2.23. The van der Waals surface area contributed by atoms with Crippen LogP contribution in [0.5, 0.6) is 0 Å². The minimum Gasteiger partial charge on any atom is -0.317 e. The second-order valence-electron chi connectivity index (χ2n) is 6.52. The molecule has 0 aromatic rings. The highest BCUT2D eigenvalue weighted by Gasteiger charge is 2.37. The summed E-state index contributed by atoms with van der Waals surface area (Å²) < 4.78 is 0. The lowest BCUT2D eigenvalue weighted by atomic mass is 9.62. The number of piperidine rings is 1. The second-order valence-corrected chi connectivity index (χ2v) is 6.52. The van der Waals surface area contributed by atoms with E-state index in [1.165, 1.54) is 45.2 Å².